The van der Waals surface area contributed by atoms with Crippen molar-refractivity contribution in [2.24, 2.45) is 0 Å². The van der Waals surface area contributed by atoms with E-state index in [9.17, 15) is 13.9 Å². The Hall–Kier alpha value is -1.68. The number of hydrogen-bond acceptors (Lipinski definition) is 2. The molecule has 0 spiro atoms. The average Bonchev–Trinajstić information content (AvgIpc) is 3.17. The van der Waals surface area contributed by atoms with Crippen molar-refractivity contribution in [2.75, 3.05) is 11.4 Å². The second-order valence-corrected chi connectivity index (χ2v) is 7.21. The van der Waals surface area contributed by atoms with Gasteiger partial charge in [-0.15, -0.1) is 6.58 Å². The number of benzene rings is 1. The maximum atomic E-state index is 13.5. The number of rotatable bonds is 6. The third kappa shape index (κ3) is 3.50. The molecule has 3 rings (SSSR count). The molecule has 1 N–H and O–H groups in total. The Kier molecular flexibility index (Phi) is 5.01. The summed E-state index contributed by atoms with van der Waals surface area (Å²) in [5.41, 5.74) is 4.17. The number of halogens is 2. The zero-order chi connectivity index (χ0) is 18.2. The molecule has 0 heterocycles. The number of hydrogen-bond donors (Lipinski definition) is 1. The van der Waals surface area contributed by atoms with E-state index in [-0.39, 0.29) is 24.8 Å². The first kappa shape index (κ1) is 18.1. The number of allylic oxidation sites excluding steroid dienone is 1. The van der Waals surface area contributed by atoms with Gasteiger partial charge in [-0.2, -0.15) is 0 Å². The summed E-state index contributed by atoms with van der Waals surface area (Å²) in [5.74, 6) is -2.53. The van der Waals surface area contributed by atoms with Gasteiger partial charge in [-0.1, -0.05) is 24.8 Å². The Labute approximate surface area is 148 Å². The van der Waals surface area contributed by atoms with E-state index in [1.807, 2.05) is 18.2 Å². The van der Waals surface area contributed by atoms with E-state index in [2.05, 4.69) is 31.0 Å². The summed E-state index contributed by atoms with van der Waals surface area (Å²) in [7, 11) is 0. The van der Waals surface area contributed by atoms with Crippen LogP contribution in [0.1, 0.15) is 49.7 Å². The van der Waals surface area contributed by atoms with Crippen LogP contribution in [0.4, 0.5) is 14.5 Å². The first-order valence-electron chi connectivity index (χ1n) is 9.13. The van der Waals surface area contributed by atoms with Gasteiger partial charge in [-0.3, -0.25) is 0 Å². The molecule has 4 heteroatoms. The van der Waals surface area contributed by atoms with Crippen LogP contribution in [-0.2, 0) is 6.42 Å². The van der Waals surface area contributed by atoms with Crippen LogP contribution < -0.4 is 4.90 Å². The second kappa shape index (κ2) is 6.91. The summed E-state index contributed by atoms with van der Waals surface area (Å²) in [6.45, 7) is 10.7. The second-order valence-electron chi connectivity index (χ2n) is 7.21. The zero-order valence-electron chi connectivity index (χ0n) is 14.8. The molecule has 2 aliphatic rings. The third-order valence-electron chi connectivity index (χ3n) is 5.63. The van der Waals surface area contributed by atoms with E-state index >= 15 is 0 Å². The minimum Gasteiger partial charge on any atom is -0.388 e. The van der Waals surface area contributed by atoms with E-state index in [0.29, 0.717) is 19.3 Å². The standard InChI is InChI=1S/C21H27F2NO/c1-4-7-16-17(19-14(3)20(19)25)8-6-9-18(16)24(5-2)15-10-12-21(22,23)13-11-15/h4,6,8-9,15,19-20,25H,1,3,5,7,10-13H2,2H3. The fourth-order valence-electron chi connectivity index (χ4n) is 4.15. The number of alkyl halides is 2. The van der Waals surface area contributed by atoms with Crippen molar-refractivity contribution in [2.45, 2.75) is 63.0 Å². The fraction of sp³-hybridized carbons (Fsp3) is 0.524. The molecule has 0 aromatic heterocycles. The fourth-order valence-corrected chi connectivity index (χ4v) is 4.15. The molecule has 2 saturated carbocycles. The SMILES string of the molecule is C=CCc1c(C2C(=C)C2O)cccc1N(CC)C1CCC(F)(F)CC1. The van der Waals surface area contributed by atoms with Crippen molar-refractivity contribution in [3.63, 3.8) is 0 Å². The number of aliphatic hydroxyl groups excluding tert-OH is 1. The van der Waals surface area contributed by atoms with Crippen LogP contribution >= 0.6 is 0 Å². The van der Waals surface area contributed by atoms with E-state index in [0.717, 1.165) is 28.9 Å². The minimum absolute atomic E-state index is 0.00991. The van der Waals surface area contributed by atoms with Gasteiger partial charge in [-0.05, 0) is 49.0 Å². The molecule has 0 bridgehead atoms. The average molecular weight is 347 g/mol. The molecule has 0 aliphatic heterocycles. The molecule has 136 valence electrons. The van der Waals surface area contributed by atoms with Crippen LogP contribution in [0.3, 0.4) is 0 Å². The summed E-state index contributed by atoms with van der Waals surface area (Å²) in [5, 5.41) is 10.0. The number of anilines is 1. The van der Waals surface area contributed by atoms with Crippen molar-refractivity contribution in [1.82, 2.24) is 0 Å². The molecule has 0 radical (unpaired) electrons. The molecule has 2 fully saturated rings. The van der Waals surface area contributed by atoms with Gasteiger partial charge in [0.2, 0.25) is 5.92 Å². The van der Waals surface area contributed by atoms with Crippen molar-refractivity contribution >= 4 is 5.69 Å². The largest absolute Gasteiger partial charge is 0.388 e. The van der Waals surface area contributed by atoms with Crippen LogP contribution in [0.25, 0.3) is 0 Å². The molecule has 1 aromatic rings. The van der Waals surface area contributed by atoms with Gasteiger partial charge in [-0.25, -0.2) is 8.78 Å². The predicted octanol–water partition coefficient (Wildman–Crippen LogP) is 4.83. The topological polar surface area (TPSA) is 23.5 Å². The van der Waals surface area contributed by atoms with Crippen molar-refractivity contribution in [3.05, 3.63) is 54.1 Å². The molecule has 1 aromatic carbocycles. The summed E-state index contributed by atoms with van der Waals surface area (Å²) in [4.78, 5) is 2.26. The third-order valence-corrected chi connectivity index (χ3v) is 5.63. The summed E-state index contributed by atoms with van der Waals surface area (Å²) < 4.78 is 27.1. The number of nitrogens with zero attached hydrogens (tertiary/aromatic N) is 1. The van der Waals surface area contributed by atoms with E-state index in [1.54, 1.807) is 0 Å². The summed E-state index contributed by atoms with van der Waals surface area (Å²) in [6, 6.07) is 6.24. The number of aliphatic hydroxyl groups is 1. The molecular weight excluding hydrogens is 320 g/mol. The lowest BCUT2D eigenvalue weighted by atomic mass is 9.89. The van der Waals surface area contributed by atoms with E-state index < -0.39 is 12.0 Å². The van der Waals surface area contributed by atoms with Crippen LogP contribution in [0.15, 0.2) is 43.0 Å². The highest BCUT2D eigenvalue weighted by Crippen LogP contribution is 2.49. The Balaban J connectivity index is 1.93. The lowest BCUT2D eigenvalue weighted by Gasteiger charge is -2.39. The zero-order valence-corrected chi connectivity index (χ0v) is 14.8. The minimum atomic E-state index is -2.52. The molecule has 2 nitrogen and oxygen atoms in total. The Morgan fingerprint density at radius 1 is 1.32 bits per heavy atom. The van der Waals surface area contributed by atoms with Crippen LogP contribution in [0.2, 0.25) is 0 Å². The van der Waals surface area contributed by atoms with Gasteiger partial charge < -0.3 is 10.0 Å². The van der Waals surface area contributed by atoms with Crippen LogP contribution in [0.5, 0.6) is 0 Å². The van der Waals surface area contributed by atoms with Gasteiger partial charge in [0.05, 0.1) is 6.10 Å². The van der Waals surface area contributed by atoms with Gasteiger partial charge in [0.1, 0.15) is 0 Å². The van der Waals surface area contributed by atoms with Crippen molar-refractivity contribution < 1.29 is 13.9 Å². The lowest BCUT2D eigenvalue weighted by Crippen LogP contribution is -2.41. The highest BCUT2D eigenvalue weighted by Gasteiger charge is 2.44. The molecule has 0 saturated heterocycles. The smallest absolute Gasteiger partial charge is 0.248 e. The highest BCUT2D eigenvalue weighted by atomic mass is 19.3. The van der Waals surface area contributed by atoms with Gasteiger partial charge in [0, 0.05) is 37.0 Å². The monoisotopic (exact) mass is 347 g/mol. The summed E-state index contributed by atoms with van der Waals surface area (Å²) in [6.07, 6.45) is 3.03. The Morgan fingerprint density at radius 2 is 1.96 bits per heavy atom. The molecule has 2 aliphatic carbocycles. The van der Waals surface area contributed by atoms with E-state index in [1.165, 1.54) is 0 Å². The predicted molar refractivity (Wildman–Crippen MR) is 98.5 cm³/mol. The first-order valence-corrected chi connectivity index (χ1v) is 9.13. The molecule has 25 heavy (non-hydrogen) atoms. The molecule has 0 amide bonds. The van der Waals surface area contributed by atoms with Gasteiger partial charge in [0.15, 0.2) is 0 Å². The Morgan fingerprint density at radius 3 is 2.48 bits per heavy atom. The quantitative estimate of drug-likeness (QED) is 0.745. The van der Waals surface area contributed by atoms with Crippen molar-refractivity contribution in [1.29, 1.82) is 0 Å². The van der Waals surface area contributed by atoms with Crippen LogP contribution in [0, 0.1) is 0 Å². The normalized spacial score (nSPS) is 25.7. The molecule has 2 atom stereocenters. The molecular formula is C21H27F2NO. The lowest BCUT2D eigenvalue weighted by molar-refractivity contribution is -0.0380. The van der Waals surface area contributed by atoms with Crippen molar-refractivity contribution in [3.8, 4) is 0 Å². The first-order chi connectivity index (χ1) is 11.9. The van der Waals surface area contributed by atoms with Gasteiger partial charge in [0.25, 0.3) is 0 Å². The summed E-state index contributed by atoms with van der Waals surface area (Å²) >= 11 is 0. The maximum absolute atomic E-state index is 13.5. The maximum Gasteiger partial charge on any atom is 0.248 e. The van der Waals surface area contributed by atoms with E-state index in [4.69, 9.17) is 0 Å². The van der Waals surface area contributed by atoms with Crippen LogP contribution in [-0.4, -0.2) is 29.7 Å². The van der Waals surface area contributed by atoms with Gasteiger partial charge >= 0.3 is 0 Å². The molecule has 2 unspecified atom stereocenters. The highest BCUT2D eigenvalue weighted by molar-refractivity contribution is 5.62. The Bertz CT molecular complexity index is 660.